The van der Waals surface area contributed by atoms with Gasteiger partial charge < -0.3 is 10.8 Å². The van der Waals surface area contributed by atoms with Crippen molar-refractivity contribution < 1.29 is 9.90 Å². The molecule has 96 valence electrons. The molecule has 16 heavy (non-hydrogen) atoms. The van der Waals surface area contributed by atoms with Crippen LogP contribution >= 0.6 is 11.8 Å². The van der Waals surface area contributed by atoms with Crippen molar-refractivity contribution in [2.45, 2.75) is 57.9 Å². The highest BCUT2D eigenvalue weighted by molar-refractivity contribution is 7.99. The normalized spacial score (nSPS) is 12.6. The van der Waals surface area contributed by atoms with Crippen molar-refractivity contribution in [3.05, 3.63) is 0 Å². The summed E-state index contributed by atoms with van der Waals surface area (Å²) in [5.74, 6) is 1.11. The van der Waals surface area contributed by atoms with E-state index in [1.165, 1.54) is 38.5 Å². The minimum absolute atomic E-state index is 0.579. The largest absolute Gasteiger partial charge is 0.480 e. The molecule has 0 aliphatic rings. The number of carbonyl (C=O) groups is 1. The number of thioether (sulfide) groups is 1. The van der Waals surface area contributed by atoms with Crippen LogP contribution < -0.4 is 5.73 Å². The molecule has 0 aliphatic heterocycles. The molecule has 0 rings (SSSR count). The van der Waals surface area contributed by atoms with Crippen LogP contribution in [0.1, 0.15) is 51.9 Å². The number of hydrogen-bond donors (Lipinski definition) is 2. The van der Waals surface area contributed by atoms with E-state index in [9.17, 15) is 4.79 Å². The van der Waals surface area contributed by atoms with Crippen molar-refractivity contribution in [1.29, 1.82) is 0 Å². The van der Waals surface area contributed by atoms with Crippen molar-refractivity contribution in [3.63, 3.8) is 0 Å². The lowest BCUT2D eigenvalue weighted by Gasteiger charge is -2.05. The summed E-state index contributed by atoms with van der Waals surface area (Å²) in [4.78, 5) is 10.4. The van der Waals surface area contributed by atoms with E-state index in [2.05, 4.69) is 6.92 Å². The molecule has 0 heterocycles. The Balaban J connectivity index is 3.07. The molecule has 0 amide bonds. The molecule has 0 aliphatic carbocycles. The zero-order valence-corrected chi connectivity index (χ0v) is 11.1. The Labute approximate surface area is 103 Å². The average Bonchev–Trinajstić information content (AvgIpc) is 2.26. The van der Waals surface area contributed by atoms with Crippen molar-refractivity contribution in [2.24, 2.45) is 5.73 Å². The number of carboxylic acid groups (broad SMARTS) is 1. The van der Waals surface area contributed by atoms with E-state index in [1.54, 1.807) is 0 Å². The zero-order valence-electron chi connectivity index (χ0n) is 10.3. The number of rotatable bonds is 11. The Hall–Kier alpha value is -0.220. The highest BCUT2D eigenvalue weighted by Gasteiger charge is 2.09. The number of hydrogen-bond acceptors (Lipinski definition) is 3. The molecular formula is C12H25NO2S. The maximum Gasteiger partial charge on any atom is 0.320 e. The second kappa shape index (κ2) is 11.3. The molecule has 4 heteroatoms. The second-order valence-electron chi connectivity index (χ2n) is 4.11. The van der Waals surface area contributed by atoms with Gasteiger partial charge in [0.05, 0.1) is 0 Å². The standard InChI is InChI=1S/C12H25NO2S/c1-2-3-4-5-6-7-9-16-10-8-11(13)12(14)15/h11H,2-10,13H2,1H3,(H,14,15). The van der Waals surface area contributed by atoms with Gasteiger partial charge in [0, 0.05) is 0 Å². The second-order valence-corrected chi connectivity index (χ2v) is 5.34. The Morgan fingerprint density at radius 1 is 1.19 bits per heavy atom. The Morgan fingerprint density at radius 3 is 2.44 bits per heavy atom. The van der Waals surface area contributed by atoms with E-state index in [0.29, 0.717) is 6.42 Å². The summed E-state index contributed by atoms with van der Waals surface area (Å²) in [7, 11) is 0. The van der Waals surface area contributed by atoms with Crippen LogP contribution in [-0.4, -0.2) is 28.6 Å². The molecule has 0 fully saturated rings. The summed E-state index contributed by atoms with van der Waals surface area (Å²) >= 11 is 1.82. The van der Waals surface area contributed by atoms with Gasteiger partial charge in [0.25, 0.3) is 0 Å². The van der Waals surface area contributed by atoms with Gasteiger partial charge in [-0.25, -0.2) is 0 Å². The van der Waals surface area contributed by atoms with Crippen LogP contribution in [0.25, 0.3) is 0 Å². The zero-order chi connectivity index (χ0) is 12.2. The molecule has 0 aromatic carbocycles. The molecule has 0 spiro atoms. The molecule has 1 atom stereocenters. The Morgan fingerprint density at radius 2 is 1.81 bits per heavy atom. The summed E-state index contributed by atoms with van der Waals surface area (Å²) in [6, 6.07) is -0.683. The minimum atomic E-state index is -0.889. The molecule has 3 nitrogen and oxygen atoms in total. The van der Waals surface area contributed by atoms with Crippen LogP contribution in [0.5, 0.6) is 0 Å². The first-order valence-corrected chi connectivity index (χ1v) is 7.40. The van der Waals surface area contributed by atoms with Gasteiger partial charge in [-0.05, 0) is 24.3 Å². The third kappa shape index (κ3) is 10.3. The molecule has 0 aromatic heterocycles. The summed E-state index contributed by atoms with van der Waals surface area (Å²) < 4.78 is 0. The van der Waals surface area contributed by atoms with E-state index in [-0.39, 0.29) is 0 Å². The molecule has 0 saturated carbocycles. The predicted molar refractivity (Wildman–Crippen MR) is 70.9 cm³/mol. The Kier molecular flexibility index (Phi) is 11.1. The van der Waals surface area contributed by atoms with Crippen LogP contribution in [0.3, 0.4) is 0 Å². The summed E-state index contributed by atoms with van der Waals surface area (Å²) in [6.07, 6.45) is 8.46. The number of nitrogens with two attached hydrogens (primary N) is 1. The molecule has 0 radical (unpaired) electrons. The van der Waals surface area contributed by atoms with E-state index in [4.69, 9.17) is 10.8 Å². The highest BCUT2D eigenvalue weighted by atomic mass is 32.2. The number of aliphatic carboxylic acids is 1. The van der Waals surface area contributed by atoms with Gasteiger partial charge in [0.2, 0.25) is 0 Å². The fourth-order valence-corrected chi connectivity index (χ4v) is 2.45. The van der Waals surface area contributed by atoms with Crippen molar-refractivity contribution in [3.8, 4) is 0 Å². The molecule has 0 aromatic rings. The summed E-state index contributed by atoms with van der Waals surface area (Å²) in [5, 5.41) is 8.57. The van der Waals surface area contributed by atoms with Crippen molar-refractivity contribution in [2.75, 3.05) is 11.5 Å². The summed E-state index contributed by atoms with van der Waals surface area (Å²) in [6.45, 7) is 2.22. The fraction of sp³-hybridized carbons (Fsp3) is 0.917. The van der Waals surface area contributed by atoms with Crippen LogP contribution in [-0.2, 0) is 4.79 Å². The van der Waals surface area contributed by atoms with Gasteiger partial charge >= 0.3 is 5.97 Å². The van der Waals surface area contributed by atoms with E-state index in [1.807, 2.05) is 11.8 Å². The first kappa shape index (κ1) is 15.8. The maximum atomic E-state index is 10.4. The molecule has 1 unspecified atom stereocenters. The van der Waals surface area contributed by atoms with Crippen LogP contribution in [0.2, 0.25) is 0 Å². The van der Waals surface area contributed by atoms with Gasteiger partial charge in [-0.1, -0.05) is 39.0 Å². The van der Waals surface area contributed by atoms with Gasteiger partial charge in [-0.2, -0.15) is 11.8 Å². The average molecular weight is 247 g/mol. The summed E-state index contributed by atoms with van der Waals surface area (Å²) in [5.41, 5.74) is 5.40. The highest BCUT2D eigenvalue weighted by Crippen LogP contribution is 2.11. The fourth-order valence-electron chi connectivity index (χ4n) is 1.42. The van der Waals surface area contributed by atoms with Crippen LogP contribution in [0, 0.1) is 0 Å². The lowest BCUT2D eigenvalue weighted by molar-refractivity contribution is -0.138. The van der Waals surface area contributed by atoms with Gasteiger partial charge in [-0.15, -0.1) is 0 Å². The van der Waals surface area contributed by atoms with Gasteiger partial charge in [0.15, 0.2) is 0 Å². The lowest BCUT2D eigenvalue weighted by atomic mass is 10.1. The topological polar surface area (TPSA) is 63.3 Å². The maximum absolute atomic E-state index is 10.4. The molecule has 0 bridgehead atoms. The monoisotopic (exact) mass is 247 g/mol. The number of carboxylic acids is 1. The minimum Gasteiger partial charge on any atom is -0.480 e. The smallest absolute Gasteiger partial charge is 0.320 e. The van der Waals surface area contributed by atoms with Crippen molar-refractivity contribution >= 4 is 17.7 Å². The number of unbranched alkanes of at least 4 members (excludes halogenated alkanes) is 5. The molecule has 0 saturated heterocycles. The van der Waals surface area contributed by atoms with E-state index < -0.39 is 12.0 Å². The first-order chi connectivity index (χ1) is 7.68. The van der Waals surface area contributed by atoms with Gasteiger partial charge in [-0.3, -0.25) is 4.79 Å². The first-order valence-electron chi connectivity index (χ1n) is 6.24. The van der Waals surface area contributed by atoms with Crippen molar-refractivity contribution in [1.82, 2.24) is 0 Å². The van der Waals surface area contributed by atoms with Crippen LogP contribution in [0.4, 0.5) is 0 Å². The quantitative estimate of drug-likeness (QED) is 0.551. The molecular weight excluding hydrogens is 222 g/mol. The van der Waals surface area contributed by atoms with Gasteiger partial charge in [0.1, 0.15) is 6.04 Å². The lowest BCUT2D eigenvalue weighted by Crippen LogP contribution is -2.30. The van der Waals surface area contributed by atoms with Crippen LogP contribution in [0.15, 0.2) is 0 Å². The third-order valence-corrected chi connectivity index (χ3v) is 3.63. The SMILES string of the molecule is CCCCCCCCSCCC(N)C(=O)O. The van der Waals surface area contributed by atoms with E-state index in [0.717, 1.165) is 11.5 Å². The van der Waals surface area contributed by atoms with E-state index >= 15 is 0 Å². The third-order valence-electron chi connectivity index (χ3n) is 2.53. The predicted octanol–water partition coefficient (Wildman–Crippen LogP) is 2.88. The Bertz CT molecular complexity index is 176. The molecule has 3 N–H and O–H groups in total.